The van der Waals surface area contributed by atoms with E-state index in [2.05, 4.69) is 5.32 Å². The zero-order valence-corrected chi connectivity index (χ0v) is 12.2. The summed E-state index contributed by atoms with van der Waals surface area (Å²) in [7, 11) is 0. The summed E-state index contributed by atoms with van der Waals surface area (Å²) in [4.78, 5) is 11.6. The summed E-state index contributed by atoms with van der Waals surface area (Å²) < 4.78 is 10.9. The van der Waals surface area contributed by atoms with E-state index in [9.17, 15) is 4.79 Å². The second-order valence-corrected chi connectivity index (χ2v) is 4.80. The van der Waals surface area contributed by atoms with Gasteiger partial charge in [-0.05, 0) is 38.1 Å². The van der Waals surface area contributed by atoms with Gasteiger partial charge < -0.3 is 14.8 Å². The summed E-state index contributed by atoms with van der Waals surface area (Å²) in [6.07, 6.45) is -0.116. The molecule has 0 heterocycles. The second-order valence-electron chi connectivity index (χ2n) is 4.80. The normalized spacial score (nSPS) is 10.2. The van der Waals surface area contributed by atoms with Gasteiger partial charge in [0.05, 0.1) is 11.8 Å². The molecule has 1 N–H and O–H groups in total. The van der Waals surface area contributed by atoms with Crippen LogP contribution in [0.15, 0.2) is 54.6 Å². The molecular weight excluding hydrogens is 266 g/mol. The molecule has 2 aromatic rings. The fourth-order valence-corrected chi connectivity index (χ4v) is 1.79. The molecule has 0 amide bonds. The lowest BCUT2D eigenvalue weighted by Gasteiger charge is -2.13. The van der Waals surface area contributed by atoms with Crippen molar-refractivity contribution in [1.29, 1.82) is 0 Å². The Balaban J connectivity index is 2.02. The van der Waals surface area contributed by atoms with Gasteiger partial charge in [-0.2, -0.15) is 0 Å². The first-order chi connectivity index (χ1) is 10.1. The van der Waals surface area contributed by atoms with Crippen molar-refractivity contribution in [2.75, 3.05) is 11.9 Å². The number of carbonyl (C=O) groups is 1. The smallest absolute Gasteiger partial charge is 0.325 e. The van der Waals surface area contributed by atoms with Crippen molar-refractivity contribution in [3.8, 4) is 11.5 Å². The van der Waals surface area contributed by atoms with Crippen molar-refractivity contribution >= 4 is 11.7 Å². The molecule has 0 unspecified atom stereocenters. The van der Waals surface area contributed by atoms with Gasteiger partial charge >= 0.3 is 5.97 Å². The van der Waals surface area contributed by atoms with Crippen LogP contribution in [0.5, 0.6) is 11.5 Å². The van der Waals surface area contributed by atoms with E-state index >= 15 is 0 Å². The van der Waals surface area contributed by atoms with E-state index in [1.807, 2.05) is 68.4 Å². The van der Waals surface area contributed by atoms with Gasteiger partial charge in [0.25, 0.3) is 0 Å². The summed E-state index contributed by atoms with van der Waals surface area (Å²) in [6.45, 7) is 3.75. The van der Waals surface area contributed by atoms with Crippen LogP contribution in [0.1, 0.15) is 13.8 Å². The Morgan fingerprint density at radius 2 is 1.71 bits per heavy atom. The van der Waals surface area contributed by atoms with Crippen LogP contribution in [0.3, 0.4) is 0 Å². The van der Waals surface area contributed by atoms with Crippen LogP contribution in [0.4, 0.5) is 5.69 Å². The number of nitrogens with one attached hydrogen (secondary N) is 1. The molecule has 0 aliphatic rings. The Morgan fingerprint density at radius 3 is 2.43 bits per heavy atom. The Labute approximate surface area is 124 Å². The number of anilines is 1. The summed E-state index contributed by atoms with van der Waals surface area (Å²) >= 11 is 0. The molecule has 0 aliphatic heterocycles. The first-order valence-electron chi connectivity index (χ1n) is 6.90. The number of esters is 1. The predicted molar refractivity (Wildman–Crippen MR) is 82.7 cm³/mol. The lowest BCUT2D eigenvalue weighted by atomic mass is 10.3. The number of rotatable bonds is 6. The Hall–Kier alpha value is -2.49. The summed E-state index contributed by atoms with van der Waals surface area (Å²) in [5, 5.41) is 3.04. The summed E-state index contributed by atoms with van der Waals surface area (Å²) in [5.74, 6) is 1.12. The van der Waals surface area contributed by atoms with Gasteiger partial charge in [0.15, 0.2) is 5.75 Å². The molecule has 21 heavy (non-hydrogen) atoms. The van der Waals surface area contributed by atoms with Crippen molar-refractivity contribution < 1.29 is 14.3 Å². The van der Waals surface area contributed by atoms with Crippen LogP contribution in [0.25, 0.3) is 0 Å². The number of carbonyl (C=O) groups excluding carboxylic acids is 1. The van der Waals surface area contributed by atoms with E-state index in [0.717, 1.165) is 11.4 Å². The maximum atomic E-state index is 11.6. The molecule has 0 fully saturated rings. The fourth-order valence-electron chi connectivity index (χ4n) is 1.79. The number of para-hydroxylation sites is 3. The van der Waals surface area contributed by atoms with Crippen molar-refractivity contribution in [2.45, 2.75) is 20.0 Å². The lowest BCUT2D eigenvalue weighted by Crippen LogP contribution is -2.20. The molecule has 0 spiro atoms. The first kappa shape index (κ1) is 14.9. The van der Waals surface area contributed by atoms with Gasteiger partial charge in [0.1, 0.15) is 12.3 Å². The molecule has 4 heteroatoms. The maximum absolute atomic E-state index is 11.6. The highest BCUT2D eigenvalue weighted by Gasteiger charge is 2.08. The van der Waals surface area contributed by atoms with E-state index in [4.69, 9.17) is 9.47 Å². The lowest BCUT2D eigenvalue weighted by molar-refractivity contribution is -0.145. The third kappa shape index (κ3) is 4.84. The van der Waals surface area contributed by atoms with Crippen LogP contribution >= 0.6 is 0 Å². The van der Waals surface area contributed by atoms with Crippen LogP contribution in [0, 0.1) is 0 Å². The number of hydrogen-bond donors (Lipinski definition) is 1. The Morgan fingerprint density at radius 1 is 1.05 bits per heavy atom. The zero-order chi connectivity index (χ0) is 15.1. The molecule has 0 aromatic heterocycles. The van der Waals surface area contributed by atoms with Crippen LogP contribution in [-0.4, -0.2) is 18.6 Å². The number of ether oxygens (including phenoxy) is 2. The van der Waals surface area contributed by atoms with Crippen molar-refractivity contribution in [1.82, 2.24) is 0 Å². The van der Waals surface area contributed by atoms with Gasteiger partial charge in [0, 0.05) is 0 Å². The van der Waals surface area contributed by atoms with Crippen molar-refractivity contribution in [3.05, 3.63) is 54.6 Å². The highest BCUT2D eigenvalue weighted by molar-refractivity contribution is 5.76. The van der Waals surface area contributed by atoms with Crippen LogP contribution in [0.2, 0.25) is 0 Å². The predicted octanol–water partition coefficient (Wildman–Crippen LogP) is 3.84. The quantitative estimate of drug-likeness (QED) is 0.819. The first-order valence-corrected chi connectivity index (χ1v) is 6.90. The van der Waals surface area contributed by atoms with Crippen LogP contribution < -0.4 is 10.1 Å². The minimum absolute atomic E-state index is 0.105. The Bertz CT molecular complexity index is 582. The van der Waals surface area contributed by atoms with E-state index in [1.165, 1.54) is 0 Å². The molecule has 0 aliphatic carbocycles. The fraction of sp³-hybridized carbons (Fsp3) is 0.235. The molecule has 0 saturated heterocycles. The Kier molecular flexibility index (Phi) is 5.21. The molecule has 2 aromatic carbocycles. The molecule has 4 nitrogen and oxygen atoms in total. The van der Waals surface area contributed by atoms with Gasteiger partial charge in [-0.3, -0.25) is 4.79 Å². The van der Waals surface area contributed by atoms with E-state index in [1.54, 1.807) is 0 Å². The van der Waals surface area contributed by atoms with E-state index < -0.39 is 0 Å². The number of benzene rings is 2. The molecule has 0 radical (unpaired) electrons. The summed E-state index contributed by atoms with van der Waals surface area (Å²) in [5.41, 5.74) is 0.752. The molecule has 110 valence electrons. The van der Waals surface area contributed by atoms with Gasteiger partial charge in [-0.1, -0.05) is 30.3 Å². The molecule has 0 bridgehead atoms. The number of hydrogen-bond acceptors (Lipinski definition) is 4. The third-order valence-electron chi connectivity index (χ3n) is 2.65. The van der Waals surface area contributed by atoms with Gasteiger partial charge in [-0.25, -0.2) is 0 Å². The van der Waals surface area contributed by atoms with Gasteiger partial charge in [-0.15, -0.1) is 0 Å². The minimum Gasteiger partial charge on any atom is -0.462 e. The van der Waals surface area contributed by atoms with E-state index in [0.29, 0.717) is 5.75 Å². The molecular formula is C17H19NO3. The zero-order valence-electron chi connectivity index (χ0n) is 12.2. The minimum atomic E-state index is -0.292. The molecule has 0 saturated carbocycles. The standard InChI is InChI=1S/C17H19NO3/c1-13(2)20-17(19)12-18-15-10-6-7-11-16(15)21-14-8-4-3-5-9-14/h3-11,13,18H,12H2,1-2H3. The third-order valence-corrected chi connectivity index (χ3v) is 2.65. The molecule has 2 rings (SSSR count). The average Bonchev–Trinajstić information content (AvgIpc) is 2.47. The topological polar surface area (TPSA) is 47.6 Å². The van der Waals surface area contributed by atoms with Crippen molar-refractivity contribution in [3.63, 3.8) is 0 Å². The molecule has 0 atom stereocenters. The second kappa shape index (κ2) is 7.33. The summed E-state index contributed by atoms with van der Waals surface area (Å²) in [6, 6.07) is 17.0. The van der Waals surface area contributed by atoms with Gasteiger partial charge in [0.2, 0.25) is 0 Å². The highest BCUT2D eigenvalue weighted by Crippen LogP contribution is 2.28. The van der Waals surface area contributed by atoms with Crippen LogP contribution in [-0.2, 0) is 9.53 Å². The SMILES string of the molecule is CC(C)OC(=O)CNc1ccccc1Oc1ccccc1. The largest absolute Gasteiger partial charge is 0.462 e. The maximum Gasteiger partial charge on any atom is 0.325 e. The van der Waals surface area contributed by atoms with E-state index in [-0.39, 0.29) is 18.6 Å². The monoisotopic (exact) mass is 285 g/mol. The van der Waals surface area contributed by atoms with Crippen molar-refractivity contribution in [2.24, 2.45) is 0 Å². The average molecular weight is 285 g/mol. The highest BCUT2D eigenvalue weighted by atomic mass is 16.5.